The highest BCUT2D eigenvalue weighted by atomic mass is 16.5. The van der Waals surface area contributed by atoms with Gasteiger partial charge in [-0.05, 0) is 36.8 Å². The summed E-state index contributed by atoms with van der Waals surface area (Å²) in [4.78, 5) is 4.25. The Bertz CT molecular complexity index is 738. The van der Waals surface area contributed by atoms with Crippen molar-refractivity contribution < 1.29 is 14.4 Å². The predicted octanol–water partition coefficient (Wildman–Crippen LogP) is 3.33. The van der Waals surface area contributed by atoms with Crippen LogP contribution in [0.2, 0.25) is 0 Å². The Morgan fingerprint density at radius 3 is 2.71 bits per heavy atom. The van der Waals surface area contributed by atoms with Gasteiger partial charge in [0, 0.05) is 5.56 Å². The minimum atomic E-state index is 0.202. The number of aromatic nitrogens is 2. The molecule has 3 aromatic rings. The average molecular weight is 282 g/mol. The van der Waals surface area contributed by atoms with Crippen LogP contribution >= 0.6 is 0 Å². The van der Waals surface area contributed by atoms with E-state index in [1.807, 2.05) is 43.3 Å². The van der Waals surface area contributed by atoms with Crippen molar-refractivity contribution in [3.8, 4) is 23.0 Å². The highest BCUT2D eigenvalue weighted by Gasteiger charge is 2.10. The lowest BCUT2D eigenvalue weighted by Gasteiger charge is -2.01. The molecule has 0 radical (unpaired) electrons. The van der Waals surface area contributed by atoms with Crippen molar-refractivity contribution in [2.45, 2.75) is 13.5 Å². The van der Waals surface area contributed by atoms with Crippen molar-refractivity contribution in [2.24, 2.45) is 0 Å². The van der Waals surface area contributed by atoms with Gasteiger partial charge in [0.25, 0.3) is 5.89 Å². The van der Waals surface area contributed by atoms with Crippen LogP contribution in [0.1, 0.15) is 11.4 Å². The summed E-state index contributed by atoms with van der Waals surface area (Å²) >= 11 is 0. The molecule has 0 bridgehead atoms. The first kappa shape index (κ1) is 13.2. The Hall–Kier alpha value is -2.82. The monoisotopic (exact) mass is 282 g/mol. The molecular weight excluding hydrogens is 268 g/mol. The fourth-order valence-electron chi connectivity index (χ4n) is 1.84. The zero-order chi connectivity index (χ0) is 14.7. The summed E-state index contributed by atoms with van der Waals surface area (Å²) in [6.45, 7) is 2.05. The molecule has 106 valence electrons. The Balaban J connectivity index is 1.72. The summed E-state index contributed by atoms with van der Waals surface area (Å²) < 4.78 is 10.7. The highest BCUT2D eigenvalue weighted by Crippen LogP contribution is 2.24. The van der Waals surface area contributed by atoms with Crippen LogP contribution in [-0.4, -0.2) is 15.2 Å². The maximum atomic E-state index is 9.71. The highest BCUT2D eigenvalue weighted by molar-refractivity contribution is 5.57. The third-order valence-electron chi connectivity index (χ3n) is 3.04. The van der Waals surface area contributed by atoms with E-state index < -0.39 is 0 Å². The van der Waals surface area contributed by atoms with Gasteiger partial charge in [-0.15, -0.1) is 0 Å². The fourth-order valence-corrected chi connectivity index (χ4v) is 1.84. The summed E-state index contributed by atoms with van der Waals surface area (Å²) in [5.41, 5.74) is 1.47. The molecule has 1 heterocycles. The van der Waals surface area contributed by atoms with Gasteiger partial charge in [-0.3, -0.25) is 0 Å². The normalized spacial score (nSPS) is 10.5. The SMILES string of the molecule is Cc1ccc(-c2nc(COc3ccccc3)no2)cc1O. The molecule has 3 rings (SSSR count). The Morgan fingerprint density at radius 2 is 1.95 bits per heavy atom. The van der Waals surface area contributed by atoms with Crippen molar-refractivity contribution >= 4 is 0 Å². The summed E-state index contributed by atoms with van der Waals surface area (Å²) in [5.74, 6) is 1.76. The molecule has 0 saturated carbocycles. The van der Waals surface area contributed by atoms with Crippen molar-refractivity contribution in [3.63, 3.8) is 0 Å². The van der Waals surface area contributed by atoms with Gasteiger partial charge in [0.05, 0.1) is 0 Å². The number of hydrogen-bond acceptors (Lipinski definition) is 5. The van der Waals surface area contributed by atoms with E-state index in [0.29, 0.717) is 17.3 Å². The topological polar surface area (TPSA) is 68.4 Å². The number of nitrogens with zero attached hydrogens (tertiary/aromatic N) is 2. The molecule has 0 amide bonds. The molecule has 0 aliphatic carbocycles. The van der Waals surface area contributed by atoms with Crippen molar-refractivity contribution in [3.05, 3.63) is 59.9 Å². The summed E-state index contributed by atoms with van der Waals surface area (Å²) in [5, 5.41) is 13.6. The number of benzene rings is 2. The number of aryl methyl sites for hydroxylation is 1. The van der Waals surface area contributed by atoms with Crippen molar-refractivity contribution in [1.82, 2.24) is 10.1 Å². The Labute approximate surface area is 121 Å². The number of phenolic OH excluding ortho intramolecular Hbond substituents is 1. The number of aromatic hydroxyl groups is 1. The predicted molar refractivity (Wildman–Crippen MR) is 76.9 cm³/mol. The van der Waals surface area contributed by atoms with Gasteiger partial charge in [0.15, 0.2) is 6.61 Å². The molecular formula is C16H14N2O3. The zero-order valence-corrected chi connectivity index (χ0v) is 11.5. The Kier molecular flexibility index (Phi) is 3.55. The number of para-hydroxylation sites is 1. The van der Waals surface area contributed by atoms with Crippen molar-refractivity contribution in [2.75, 3.05) is 0 Å². The van der Waals surface area contributed by atoms with Crippen LogP contribution in [0.15, 0.2) is 53.1 Å². The minimum absolute atomic E-state index is 0.202. The smallest absolute Gasteiger partial charge is 0.258 e. The van der Waals surface area contributed by atoms with E-state index in [2.05, 4.69) is 10.1 Å². The Morgan fingerprint density at radius 1 is 1.14 bits per heavy atom. The number of rotatable bonds is 4. The molecule has 5 nitrogen and oxygen atoms in total. The molecule has 0 atom stereocenters. The van der Waals surface area contributed by atoms with Crippen LogP contribution < -0.4 is 4.74 Å². The second-order valence-corrected chi connectivity index (χ2v) is 4.62. The van der Waals surface area contributed by atoms with E-state index in [0.717, 1.165) is 11.3 Å². The largest absolute Gasteiger partial charge is 0.508 e. The first-order chi connectivity index (χ1) is 10.2. The number of ether oxygens (including phenoxy) is 1. The van der Waals surface area contributed by atoms with Gasteiger partial charge >= 0.3 is 0 Å². The zero-order valence-electron chi connectivity index (χ0n) is 11.5. The first-order valence-electron chi connectivity index (χ1n) is 6.53. The molecule has 0 unspecified atom stereocenters. The van der Waals surface area contributed by atoms with Crippen LogP contribution in [0.25, 0.3) is 11.5 Å². The van der Waals surface area contributed by atoms with E-state index in [4.69, 9.17) is 9.26 Å². The van der Waals surface area contributed by atoms with Gasteiger partial charge in [-0.25, -0.2) is 0 Å². The molecule has 0 fully saturated rings. The second-order valence-electron chi connectivity index (χ2n) is 4.62. The van der Waals surface area contributed by atoms with Crippen LogP contribution in [0.4, 0.5) is 0 Å². The van der Waals surface area contributed by atoms with E-state index in [-0.39, 0.29) is 12.4 Å². The van der Waals surface area contributed by atoms with Gasteiger partial charge in [-0.1, -0.05) is 29.4 Å². The first-order valence-corrected chi connectivity index (χ1v) is 6.53. The summed E-state index contributed by atoms with van der Waals surface area (Å²) in [6, 6.07) is 14.7. The quantitative estimate of drug-likeness (QED) is 0.795. The molecule has 21 heavy (non-hydrogen) atoms. The van der Waals surface area contributed by atoms with Crippen LogP contribution in [0.5, 0.6) is 11.5 Å². The second kappa shape index (κ2) is 5.66. The average Bonchev–Trinajstić information content (AvgIpc) is 2.98. The lowest BCUT2D eigenvalue weighted by Crippen LogP contribution is -1.97. The van der Waals surface area contributed by atoms with Gasteiger partial charge in [-0.2, -0.15) is 4.98 Å². The molecule has 5 heteroatoms. The van der Waals surface area contributed by atoms with E-state index in [1.54, 1.807) is 12.1 Å². The summed E-state index contributed by atoms with van der Waals surface area (Å²) in [7, 11) is 0. The fraction of sp³-hybridized carbons (Fsp3) is 0.125. The maximum absolute atomic E-state index is 9.71. The maximum Gasteiger partial charge on any atom is 0.258 e. The molecule has 0 aliphatic rings. The molecule has 0 spiro atoms. The number of hydrogen-bond donors (Lipinski definition) is 1. The lowest BCUT2D eigenvalue weighted by molar-refractivity contribution is 0.287. The molecule has 0 saturated heterocycles. The van der Waals surface area contributed by atoms with Gasteiger partial charge < -0.3 is 14.4 Å². The third-order valence-corrected chi connectivity index (χ3v) is 3.04. The van der Waals surface area contributed by atoms with E-state index in [9.17, 15) is 5.11 Å². The van der Waals surface area contributed by atoms with Gasteiger partial charge in [0.2, 0.25) is 5.82 Å². The lowest BCUT2D eigenvalue weighted by atomic mass is 10.1. The molecule has 1 N–H and O–H groups in total. The third kappa shape index (κ3) is 3.02. The summed E-state index contributed by atoms with van der Waals surface area (Å²) in [6.07, 6.45) is 0. The molecule has 2 aromatic carbocycles. The van der Waals surface area contributed by atoms with Crippen molar-refractivity contribution in [1.29, 1.82) is 0 Å². The minimum Gasteiger partial charge on any atom is -0.508 e. The molecule has 0 aliphatic heterocycles. The van der Waals surface area contributed by atoms with Crippen LogP contribution in [0.3, 0.4) is 0 Å². The van der Waals surface area contributed by atoms with Crippen LogP contribution in [0, 0.1) is 6.92 Å². The van der Waals surface area contributed by atoms with E-state index in [1.165, 1.54) is 0 Å². The number of phenols is 1. The molecule has 1 aromatic heterocycles. The van der Waals surface area contributed by atoms with Gasteiger partial charge in [0.1, 0.15) is 11.5 Å². The standard InChI is InChI=1S/C16H14N2O3/c1-11-7-8-12(9-14(11)19)16-17-15(18-21-16)10-20-13-5-3-2-4-6-13/h2-9,19H,10H2,1H3. The van der Waals surface area contributed by atoms with Crippen LogP contribution in [-0.2, 0) is 6.61 Å². The van der Waals surface area contributed by atoms with E-state index >= 15 is 0 Å².